The van der Waals surface area contributed by atoms with Gasteiger partial charge in [-0.2, -0.15) is 0 Å². The van der Waals surface area contributed by atoms with E-state index in [1.807, 2.05) is 4.90 Å². The molecule has 0 saturated carbocycles. The van der Waals surface area contributed by atoms with Crippen LogP contribution in [0.2, 0.25) is 0 Å². The summed E-state index contributed by atoms with van der Waals surface area (Å²) in [5, 5.41) is 0. The zero-order chi connectivity index (χ0) is 31.4. The quantitative estimate of drug-likeness (QED) is 0.0787. The summed E-state index contributed by atoms with van der Waals surface area (Å²) in [6.45, 7) is 10.4. The highest BCUT2D eigenvalue weighted by molar-refractivity contribution is 5.76. The third-order valence-corrected chi connectivity index (χ3v) is 8.64. The number of rotatable bonds is 32. The van der Waals surface area contributed by atoms with Crippen molar-refractivity contribution in [1.82, 2.24) is 4.90 Å². The average Bonchev–Trinajstić information content (AvgIpc) is 2.98. The van der Waals surface area contributed by atoms with Crippen molar-refractivity contribution in [3.05, 3.63) is 0 Å². The highest BCUT2D eigenvalue weighted by Crippen LogP contribution is 2.15. The highest BCUT2D eigenvalue weighted by Gasteiger charge is 2.08. The smallest absolute Gasteiger partial charge is 0.222 e. The highest BCUT2D eigenvalue weighted by atomic mass is 16.2. The van der Waals surface area contributed by atoms with Crippen LogP contribution in [-0.2, 0) is 9.59 Å². The molecule has 0 atom stereocenters. The first-order valence-corrected chi connectivity index (χ1v) is 19.1. The molecule has 42 heavy (non-hydrogen) atoms. The average molecular weight is 595 g/mol. The molecule has 0 heterocycles. The molecule has 0 unspecified atom stereocenters. The Morgan fingerprint density at radius 2 is 0.619 bits per heavy atom. The van der Waals surface area contributed by atoms with Crippen LogP contribution in [0, 0.1) is 0 Å². The molecule has 0 fully saturated rings. The van der Waals surface area contributed by atoms with E-state index in [0.717, 1.165) is 32.4 Å². The number of primary amides is 1. The minimum Gasteiger partial charge on any atom is -0.370 e. The van der Waals surface area contributed by atoms with Gasteiger partial charge in [0.1, 0.15) is 0 Å². The van der Waals surface area contributed by atoms with Gasteiger partial charge in [-0.1, -0.05) is 181 Å². The Labute approximate surface area is 265 Å². The van der Waals surface area contributed by atoms with Crippen LogP contribution in [0.3, 0.4) is 0 Å². The molecule has 2 N–H and O–H groups in total. The van der Waals surface area contributed by atoms with Crippen molar-refractivity contribution < 1.29 is 9.59 Å². The number of nitrogens with two attached hydrogens (primary N) is 1. The molecular formula is C38H78N2O2. The lowest BCUT2D eigenvalue weighted by Gasteiger charge is -2.18. The van der Waals surface area contributed by atoms with E-state index in [2.05, 4.69) is 27.7 Å². The van der Waals surface area contributed by atoms with Gasteiger partial charge < -0.3 is 10.6 Å². The van der Waals surface area contributed by atoms with Gasteiger partial charge in [-0.25, -0.2) is 0 Å². The number of amides is 2. The third kappa shape index (κ3) is 37.0. The van der Waals surface area contributed by atoms with Gasteiger partial charge in [-0.15, -0.1) is 0 Å². The fourth-order valence-electron chi connectivity index (χ4n) is 5.70. The van der Waals surface area contributed by atoms with Gasteiger partial charge in [0, 0.05) is 25.9 Å². The van der Waals surface area contributed by atoms with Crippen LogP contribution in [0.1, 0.15) is 220 Å². The van der Waals surface area contributed by atoms with Crippen molar-refractivity contribution >= 4 is 11.8 Å². The molecule has 0 spiro atoms. The summed E-state index contributed by atoms with van der Waals surface area (Å²) in [6, 6.07) is 0. The van der Waals surface area contributed by atoms with Gasteiger partial charge in [0.2, 0.25) is 11.8 Å². The van der Waals surface area contributed by atoms with E-state index < -0.39 is 0 Å². The van der Waals surface area contributed by atoms with Gasteiger partial charge in [-0.05, 0) is 26.7 Å². The summed E-state index contributed by atoms with van der Waals surface area (Å²) in [6.07, 6.45) is 39.3. The molecular weight excluding hydrogens is 516 g/mol. The maximum absolute atomic E-state index is 11.8. The van der Waals surface area contributed by atoms with Crippen molar-refractivity contribution in [2.24, 2.45) is 5.73 Å². The van der Waals surface area contributed by atoms with Crippen molar-refractivity contribution in [1.29, 1.82) is 0 Å². The van der Waals surface area contributed by atoms with Crippen LogP contribution >= 0.6 is 0 Å². The largest absolute Gasteiger partial charge is 0.370 e. The summed E-state index contributed by atoms with van der Waals surface area (Å²) in [5.74, 6) is 0.188. The molecule has 4 nitrogen and oxygen atoms in total. The fourth-order valence-corrected chi connectivity index (χ4v) is 5.70. The Balaban J connectivity index is 0. The Kier molecular flexibility index (Phi) is 38.9. The summed E-state index contributed by atoms with van der Waals surface area (Å²) < 4.78 is 0. The second-order valence-electron chi connectivity index (χ2n) is 12.7. The van der Waals surface area contributed by atoms with E-state index in [9.17, 15) is 9.59 Å². The molecule has 0 bridgehead atoms. The number of unbranched alkanes of at least 4 members (excludes halogenated alkanes) is 26. The van der Waals surface area contributed by atoms with Gasteiger partial charge >= 0.3 is 0 Å². The Hall–Kier alpha value is -1.06. The maximum atomic E-state index is 11.8. The fraction of sp³-hybridized carbons (Fsp3) is 0.947. The maximum Gasteiger partial charge on any atom is 0.222 e. The van der Waals surface area contributed by atoms with Crippen molar-refractivity contribution in [3.8, 4) is 0 Å². The molecule has 0 aromatic heterocycles. The van der Waals surface area contributed by atoms with Crippen LogP contribution in [-0.4, -0.2) is 29.8 Å². The van der Waals surface area contributed by atoms with E-state index in [4.69, 9.17) is 5.73 Å². The Morgan fingerprint density at radius 3 is 0.857 bits per heavy atom. The number of hydrogen-bond donors (Lipinski definition) is 1. The standard InChI is InChI=1S/C20H41NO.C18H37NO/c1-4-7-8-9-10-11-12-13-14-15-16-17-18-19-20(22)21(5-2)6-3;1-2-3-4-5-6-7-8-9-10-11-12-13-14-15-16-17-18(19)20/h4-19H2,1-3H3;2-17H2,1H3,(H2,19,20). The monoisotopic (exact) mass is 595 g/mol. The van der Waals surface area contributed by atoms with Crippen molar-refractivity contribution in [3.63, 3.8) is 0 Å². The van der Waals surface area contributed by atoms with Gasteiger partial charge in [0.05, 0.1) is 0 Å². The van der Waals surface area contributed by atoms with Crippen LogP contribution in [0.5, 0.6) is 0 Å². The molecule has 0 aliphatic rings. The molecule has 4 heteroatoms. The number of nitrogens with zero attached hydrogens (tertiary/aromatic N) is 1. The molecule has 0 rings (SSSR count). The summed E-state index contributed by atoms with van der Waals surface area (Å²) in [5.41, 5.74) is 5.11. The SMILES string of the molecule is CCCCCCCCCCCCCCCC(=O)N(CC)CC.CCCCCCCCCCCCCCCCCC(N)=O. The van der Waals surface area contributed by atoms with Crippen molar-refractivity contribution in [2.75, 3.05) is 13.1 Å². The molecule has 0 aromatic carbocycles. The Morgan fingerprint density at radius 1 is 0.381 bits per heavy atom. The molecule has 252 valence electrons. The molecule has 0 aliphatic heterocycles. The molecule has 0 saturated heterocycles. The van der Waals surface area contributed by atoms with E-state index in [1.165, 1.54) is 167 Å². The first-order chi connectivity index (χ1) is 20.5. The van der Waals surface area contributed by atoms with Gasteiger partial charge in [0.25, 0.3) is 0 Å². The third-order valence-electron chi connectivity index (χ3n) is 8.64. The summed E-state index contributed by atoms with van der Waals surface area (Å²) >= 11 is 0. The van der Waals surface area contributed by atoms with Gasteiger partial charge in [-0.3, -0.25) is 9.59 Å². The predicted molar refractivity (Wildman–Crippen MR) is 187 cm³/mol. The lowest BCUT2D eigenvalue weighted by molar-refractivity contribution is -0.131. The summed E-state index contributed by atoms with van der Waals surface area (Å²) in [7, 11) is 0. The van der Waals surface area contributed by atoms with E-state index in [-0.39, 0.29) is 5.91 Å². The van der Waals surface area contributed by atoms with Crippen molar-refractivity contribution in [2.45, 2.75) is 220 Å². The predicted octanol–water partition coefficient (Wildman–Crippen LogP) is 12.1. The zero-order valence-electron chi connectivity index (χ0n) is 29.5. The first-order valence-electron chi connectivity index (χ1n) is 19.1. The van der Waals surface area contributed by atoms with Gasteiger partial charge in [0.15, 0.2) is 0 Å². The first kappa shape index (κ1) is 43.1. The van der Waals surface area contributed by atoms with E-state index in [0.29, 0.717) is 12.3 Å². The topological polar surface area (TPSA) is 63.4 Å². The lowest BCUT2D eigenvalue weighted by Crippen LogP contribution is -2.30. The zero-order valence-corrected chi connectivity index (χ0v) is 29.5. The van der Waals surface area contributed by atoms with Crippen LogP contribution in [0.4, 0.5) is 0 Å². The second-order valence-corrected chi connectivity index (χ2v) is 12.7. The minimum atomic E-state index is -0.153. The van der Waals surface area contributed by atoms with E-state index in [1.54, 1.807) is 0 Å². The van der Waals surface area contributed by atoms with Crippen LogP contribution in [0.15, 0.2) is 0 Å². The Bertz CT molecular complexity index is 533. The minimum absolute atomic E-state index is 0.153. The van der Waals surface area contributed by atoms with Crippen LogP contribution < -0.4 is 5.73 Å². The van der Waals surface area contributed by atoms with E-state index >= 15 is 0 Å². The number of hydrogen-bond acceptors (Lipinski definition) is 2. The normalized spacial score (nSPS) is 10.9. The number of carbonyl (C=O) groups is 2. The molecule has 0 aromatic rings. The second kappa shape index (κ2) is 38.0. The number of carbonyl (C=O) groups excluding carboxylic acids is 2. The molecule has 2 amide bonds. The molecule has 0 aliphatic carbocycles. The van der Waals surface area contributed by atoms with Crippen LogP contribution in [0.25, 0.3) is 0 Å². The molecule has 0 radical (unpaired) electrons. The lowest BCUT2D eigenvalue weighted by atomic mass is 10.0. The summed E-state index contributed by atoms with van der Waals surface area (Å²) in [4.78, 5) is 24.3.